The average molecular weight is 385 g/mol. The number of hydrogen-bond acceptors (Lipinski definition) is 3. The van der Waals surface area contributed by atoms with Gasteiger partial charge in [0, 0.05) is 27.5 Å². The van der Waals surface area contributed by atoms with Crippen LogP contribution in [-0.2, 0) is 0 Å². The quantitative estimate of drug-likeness (QED) is 0.708. The first kappa shape index (κ1) is 14.6. The largest absolute Gasteiger partial charge is 0.301 e. The van der Waals surface area contributed by atoms with E-state index < -0.39 is 0 Å². The van der Waals surface area contributed by atoms with Crippen LogP contribution in [-0.4, -0.2) is 47.3 Å². The number of amides is 2. The van der Waals surface area contributed by atoms with Gasteiger partial charge in [0.05, 0.1) is 6.04 Å². The Labute approximate surface area is 148 Å². The molecule has 6 rings (SSSR count). The molecular weight excluding hydrogens is 368 g/mol. The molecule has 122 valence electrons. The second kappa shape index (κ2) is 5.14. The van der Waals surface area contributed by atoms with Crippen molar-refractivity contribution >= 4 is 38.5 Å². The molecule has 2 bridgehead atoms. The van der Waals surface area contributed by atoms with Crippen LogP contribution in [0.25, 0.3) is 10.8 Å². The Hall–Kier alpha value is -1.72. The summed E-state index contributed by atoms with van der Waals surface area (Å²) in [7, 11) is 0. The van der Waals surface area contributed by atoms with E-state index in [-0.39, 0.29) is 17.9 Å². The Bertz CT molecular complexity index is 864. The zero-order valence-electron chi connectivity index (χ0n) is 13.2. The van der Waals surface area contributed by atoms with Gasteiger partial charge in [0.25, 0.3) is 11.8 Å². The van der Waals surface area contributed by atoms with Crippen LogP contribution in [0.15, 0.2) is 34.8 Å². The van der Waals surface area contributed by atoms with Crippen LogP contribution in [0.4, 0.5) is 0 Å². The molecule has 0 N–H and O–H groups in total. The number of nitrogens with zero attached hydrogens (tertiary/aromatic N) is 2. The molecule has 4 aliphatic rings. The highest BCUT2D eigenvalue weighted by Gasteiger charge is 2.44. The summed E-state index contributed by atoms with van der Waals surface area (Å²) >= 11 is 3.53. The lowest BCUT2D eigenvalue weighted by atomic mass is 9.81. The summed E-state index contributed by atoms with van der Waals surface area (Å²) in [4.78, 5) is 30.3. The monoisotopic (exact) mass is 384 g/mol. The van der Waals surface area contributed by atoms with Crippen LogP contribution in [0.2, 0.25) is 0 Å². The number of carbonyl (C=O) groups is 2. The summed E-state index contributed by atoms with van der Waals surface area (Å²) in [5, 5.41) is 1.72. The van der Waals surface area contributed by atoms with Crippen molar-refractivity contribution < 1.29 is 9.59 Å². The van der Waals surface area contributed by atoms with E-state index in [0.717, 1.165) is 47.7 Å². The maximum absolute atomic E-state index is 13.2. The van der Waals surface area contributed by atoms with E-state index in [1.807, 2.05) is 30.3 Å². The Morgan fingerprint density at radius 1 is 0.958 bits per heavy atom. The SMILES string of the molecule is O=C1c2cccc3c(Br)ccc(c23)C(=O)N1[C@@H]1CN2CCC1CC2. The standard InChI is InChI=1S/C19H17BrN2O2/c20-15-5-4-14-17-12(15)2-1-3-13(17)18(23)22(19(14)24)16-10-21-8-6-11(16)7-9-21/h1-5,11,16H,6-10H2/t16-/m1/s1. The Morgan fingerprint density at radius 2 is 1.67 bits per heavy atom. The molecule has 2 aromatic rings. The van der Waals surface area contributed by atoms with Crippen molar-refractivity contribution in [2.75, 3.05) is 19.6 Å². The van der Waals surface area contributed by atoms with Gasteiger partial charge in [-0.05, 0) is 55.4 Å². The molecule has 0 spiro atoms. The molecule has 4 aliphatic heterocycles. The maximum Gasteiger partial charge on any atom is 0.261 e. The normalized spacial score (nSPS) is 28.7. The second-order valence-corrected chi connectivity index (χ2v) is 7.86. The molecule has 0 radical (unpaired) electrons. The van der Waals surface area contributed by atoms with Crippen LogP contribution in [0.5, 0.6) is 0 Å². The summed E-state index contributed by atoms with van der Waals surface area (Å²) in [6.45, 7) is 3.01. The van der Waals surface area contributed by atoms with Gasteiger partial charge in [-0.1, -0.05) is 28.1 Å². The van der Waals surface area contributed by atoms with E-state index in [4.69, 9.17) is 0 Å². The van der Waals surface area contributed by atoms with Gasteiger partial charge in [-0.3, -0.25) is 14.5 Å². The molecule has 4 heterocycles. The molecule has 1 atom stereocenters. The minimum absolute atomic E-state index is 0.0135. The maximum atomic E-state index is 13.2. The van der Waals surface area contributed by atoms with Crippen LogP contribution in [0.1, 0.15) is 33.6 Å². The third-order valence-corrected chi connectivity index (χ3v) is 6.53. The Kier molecular flexibility index (Phi) is 3.13. The van der Waals surface area contributed by atoms with Crippen LogP contribution >= 0.6 is 15.9 Å². The summed E-state index contributed by atoms with van der Waals surface area (Å²) in [5.41, 5.74) is 1.31. The van der Waals surface area contributed by atoms with Crippen LogP contribution in [0.3, 0.4) is 0 Å². The van der Waals surface area contributed by atoms with E-state index >= 15 is 0 Å². The van der Waals surface area contributed by atoms with Crippen molar-refractivity contribution in [2.45, 2.75) is 18.9 Å². The molecular formula is C19H17BrN2O2. The lowest BCUT2D eigenvalue weighted by Gasteiger charge is -2.49. The van der Waals surface area contributed by atoms with Crippen LogP contribution in [0, 0.1) is 5.92 Å². The van der Waals surface area contributed by atoms with E-state index in [1.165, 1.54) is 0 Å². The fraction of sp³-hybridized carbons (Fsp3) is 0.368. The van der Waals surface area contributed by atoms with Crippen molar-refractivity contribution in [1.29, 1.82) is 0 Å². The predicted octanol–water partition coefficient (Wildman–Crippen LogP) is 3.29. The van der Waals surface area contributed by atoms with Crippen molar-refractivity contribution in [3.8, 4) is 0 Å². The minimum Gasteiger partial charge on any atom is -0.301 e. The molecule has 2 aromatic carbocycles. The lowest BCUT2D eigenvalue weighted by molar-refractivity contribution is 0.00881. The Morgan fingerprint density at radius 3 is 2.33 bits per heavy atom. The summed E-state index contributed by atoms with van der Waals surface area (Å²) in [5.74, 6) is 0.184. The van der Waals surface area contributed by atoms with Gasteiger partial charge in [-0.25, -0.2) is 0 Å². The number of imide groups is 1. The molecule has 0 aliphatic carbocycles. The third kappa shape index (κ3) is 1.88. The number of carbonyl (C=O) groups excluding carboxylic acids is 2. The molecule has 24 heavy (non-hydrogen) atoms. The molecule has 0 unspecified atom stereocenters. The van der Waals surface area contributed by atoms with E-state index in [2.05, 4.69) is 20.8 Å². The number of benzene rings is 2. The fourth-order valence-corrected chi connectivity index (χ4v) is 5.07. The number of rotatable bonds is 1. The Balaban J connectivity index is 1.67. The highest BCUT2D eigenvalue weighted by atomic mass is 79.9. The zero-order chi connectivity index (χ0) is 16.4. The first-order valence-electron chi connectivity index (χ1n) is 8.46. The molecule has 3 saturated heterocycles. The lowest BCUT2D eigenvalue weighted by Crippen LogP contribution is -2.60. The fourth-order valence-electron chi connectivity index (χ4n) is 4.61. The summed E-state index contributed by atoms with van der Waals surface area (Å²) < 4.78 is 0.917. The van der Waals surface area contributed by atoms with Gasteiger partial charge >= 0.3 is 0 Å². The highest BCUT2D eigenvalue weighted by molar-refractivity contribution is 9.10. The average Bonchev–Trinajstić information content (AvgIpc) is 2.62. The predicted molar refractivity (Wildman–Crippen MR) is 95.1 cm³/mol. The highest BCUT2D eigenvalue weighted by Crippen LogP contribution is 2.38. The number of fused-ring (bicyclic) bond motifs is 3. The third-order valence-electron chi connectivity index (χ3n) is 5.84. The summed E-state index contributed by atoms with van der Waals surface area (Å²) in [6, 6.07) is 9.47. The minimum atomic E-state index is -0.130. The topological polar surface area (TPSA) is 40.6 Å². The molecule has 0 saturated carbocycles. The number of hydrogen-bond donors (Lipinski definition) is 0. The van der Waals surface area contributed by atoms with Gasteiger partial charge in [-0.15, -0.1) is 0 Å². The van der Waals surface area contributed by atoms with Gasteiger partial charge in [0.15, 0.2) is 0 Å². The molecule has 3 fully saturated rings. The molecule has 5 heteroatoms. The van der Waals surface area contributed by atoms with Crippen molar-refractivity contribution in [1.82, 2.24) is 9.80 Å². The molecule has 4 nitrogen and oxygen atoms in total. The smallest absolute Gasteiger partial charge is 0.261 e. The molecule has 0 aromatic heterocycles. The van der Waals surface area contributed by atoms with Gasteiger partial charge in [0.2, 0.25) is 0 Å². The first-order valence-corrected chi connectivity index (χ1v) is 9.26. The van der Waals surface area contributed by atoms with E-state index in [0.29, 0.717) is 17.0 Å². The summed E-state index contributed by atoms with van der Waals surface area (Å²) in [6.07, 6.45) is 2.16. The van der Waals surface area contributed by atoms with Gasteiger partial charge in [0.1, 0.15) is 0 Å². The van der Waals surface area contributed by atoms with E-state index in [1.54, 1.807) is 4.90 Å². The second-order valence-electron chi connectivity index (χ2n) is 7.01. The number of piperidine rings is 3. The van der Waals surface area contributed by atoms with Crippen LogP contribution < -0.4 is 0 Å². The zero-order valence-corrected chi connectivity index (χ0v) is 14.8. The molecule has 2 amide bonds. The van der Waals surface area contributed by atoms with Crippen molar-refractivity contribution in [3.63, 3.8) is 0 Å². The number of halogens is 1. The first-order chi connectivity index (χ1) is 11.6. The van der Waals surface area contributed by atoms with Crippen molar-refractivity contribution in [2.24, 2.45) is 5.92 Å². The van der Waals surface area contributed by atoms with Crippen molar-refractivity contribution in [3.05, 3.63) is 45.9 Å². The van der Waals surface area contributed by atoms with E-state index in [9.17, 15) is 9.59 Å². The van der Waals surface area contributed by atoms with Gasteiger partial charge in [-0.2, -0.15) is 0 Å². The van der Waals surface area contributed by atoms with Gasteiger partial charge < -0.3 is 4.90 Å².